The molecular weight excluding hydrogens is 593 g/mol. The van der Waals surface area contributed by atoms with Gasteiger partial charge >= 0.3 is 12.3 Å². The molecular formula is C32H45F3N4O6. The smallest absolute Gasteiger partial charge is 0.417 e. The van der Waals surface area contributed by atoms with Gasteiger partial charge in [0, 0.05) is 38.6 Å². The molecule has 1 spiro atoms. The highest BCUT2D eigenvalue weighted by atomic mass is 19.4. The van der Waals surface area contributed by atoms with Crippen LogP contribution in [0.3, 0.4) is 0 Å². The average Bonchev–Trinajstić information content (AvgIpc) is 3.42. The van der Waals surface area contributed by atoms with Crippen molar-refractivity contribution in [3.05, 3.63) is 23.3 Å². The van der Waals surface area contributed by atoms with Gasteiger partial charge in [-0.15, -0.1) is 0 Å². The second kappa shape index (κ2) is 13.1. The fourth-order valence-corrected chi connectivity index (χ4v) is 6.43. The summed E-state index contributed by atoms with van der Waals surface area (Å²) >= 11 is 0. The highest BCUT2D eigenvalue weighted by molar-refractivity contribution is 6.05. The molecule has 13 heteroatoms. The molecule has 1 atom stereocenters. The summed E-state index contributed by atoms with van der Waals surface area (Å²) in [5.41, 5.74) is -3.72. The Morgan fingerprint density at radius 3 is 2.38 bits per heavy atom. The number of hydrogen-bond acceptors (Lipinski definition) is 6. The van der Waals surface area contributed by atoms with Crippen molar-refractivity contribution in [2.24, 2.45) is 0 Å². The van der Waals surface area contributed by atoms with Crippen molar-refractivity contribution >= 4 is 29.5 Å². The van der Waals surface area contributed by atoms with Gasteiger partial charge in [0.15, 0.2) is 5.60 Å². The number of ether oxygens (including phenoxy) is 2. The van der Waals surface area contributed by atoms with E-state index in [0.717, 1.165) is 12.1 Å². The third kappa shape index (κ3) is 7.49. The molecule has 0 radical (unpaired) electrons. The molecule has 0 bridgehead atoms. The SMILES string of the molecule is CCC(=O)NCCN1C(=O)C2(CCCC2)Oc2cc(C(F)(F)F)c(C(=O)N(C(C)C)[C@@H]3CCCN(C(=O)OC(C)(C)C)C3)cc21. The Hall–Kier alpha value is -3.51. The van der Waals surface area contributed by atoms with E-state index in [9.17, 15) is 32.3 Å². The monoisotopic (exact) mass is 638 g/mol. The average molecular weight is 639 g/mol. The van der Waals surface area contributed by atoms with Gasteiger partial charge < -0.3 is 29.5 Å². The number of nitrogens with one attached hydrogen (secondary N) is 1. The Morgan fingerprint density at radius 1 is 1.13 bits per heavy atom. The topological polar surface area (TPSA) is 108 Å². The van der Waals surface area contributed by atoms with Crippen molar-refractivity contribution in [1.82, 2.24) is 15.1 Å². The Morgan fingerprint density at radius 2 is 1.80 bits per heavy atom. The first kappa shape index (κ1) is 34.4. The van der Waals surface area contributed by atoms with E-state index in [4.69, 9.17) is 9.47 Å². The molecule has 2 aliphatic heterocycles. The molecule has 45 heavy (non-hydrogen) atoms. The molecule has 250 valence electrons. The van der Waals surface area contributed by atoms with Gasteiger partial charge in [0.2, 0.25) is 5.91 Å². The van der Waals surface area contributed by atoms with Crippen LogP contribution in [-0.4, -0.2) is 83.1 Å². The maximum atomic E-state index is 14.7. The molecule has 1 aromatic carbocycles. The zero-order valence-corrected chi connectivity index (χ0v) is 27.0. The van der Waals surface area contributed by atoms with Crippen LogP contribution in [0.15, 0.2) is 12.1 Å². The molecule has 1 N–H and O–H groups in total. The van der Waals surface area contributed by atoms with Crippen LogP contribution < -0.4 is 15.0 Å². The Labute approximate surface area is 262 Å². The first-order valence-corrected chi connectivity index (χ1v) is 15.8. The summed E-state index contributed by atoms with van der Waals surface area (Å²) in [4.78, 5) is 57.0. The molecule has 1 saturated heterocycles. The lowest BCUT2D eigenvalue weighted by Gasteiger charge is -2.43. The normalized spacial score (nSPS) is 19.8. The summed E-state index contributed by atoms with van der Waals surface area (Å²) in [7, 11) is 0. The van der Waals surface area contributed by atoms with Crippen LogP contribution in [0.5, 0.6) is 5.75 Å². The second-order valence-electron chi connectivity index (χ2n) is 13.4. The molecule has 1 aromatic rings. The van der Waals surface area contributed by atoms with Crippen molar-refractivity contribution in [2.45, 2.75) is 116 Å². The highest BCUT2D eigenvalue weighted by Crippen LogP contribution is 2.48. The summed E-state index contributed by atoms with van der Waals surface area (Å²) in [5.74, 6) is -1.59. The number of carbonyl (C=O) groups excluding carboxylic acids is 4. The van der Waals surface area contributed by atoms with Crippen LogP contribution in [0.1, 0.15) is 102 Å². The summed E-state index contributed by atoms with van der Waals surface area (Å²) in [5, 5.41) is 2.72. The number of benzene rings is 1. The van der Waals surface area contributed by atoms with E-state index in [1.807, 2.05) is 0 Å². The number of piperidine rings is 1. The minimum Gasteiger partial charge on any atom is -0.475 e. The molecule has 3 aliphatic rings. The van der Waals surface area contributed by atoms with Crippen LogP contribution in [0.2, 0.25) is 0 Å². The Kier molecular flexibility index (Phi) is 9.99. The quantitative estimate of drug-likeness (QED) is 0.422. The number of rotatable bonds is 7. The fourth-order valence-electron chi connectivity index (χ4n) is 6.43. The first-order valence-electron chi connectivity index (χ1n) is 15.8. The van der Waals surface area contributed by atoms with E-state index in [0.29, 0.717) is 45.1 Å². The van der Waals surface area contributed by atoms with Crippen molar-refractivity contribution in [3.63, 3.8) is 0 Å². The van der Waals surface area contributed by atoms with Crippen molar-refractivity contribution in [1.29, 1.82) is 0 Å². The lowest BCUT2D eigenvalue weighted by molar-refractivity contribution is -0.138. The second-order valence-corrected chi connectivity index (χ2v) is 13.4. The summed E-state index contributed by atoms with van der Waals surface area (Å²) < 4.78 is 55.6. The van der Waals surface area contributed by atoms with Crippen LogP contribution in [0.4, 0.5) is 23.7 Å². The minimum atomic E-state index is -4.90. The molecule has 1 saturated carbocycles. The van der Waals surface area contributed by atoms with Crippen LogP contribution in [0, 0.1) is 0 Å². The van der Waals surface area contributed by atoms with Gasteiger partial charge in [0.1, 0.15) is 11.4 Å². The lowest BCUT2D eigenvalue weighted by Crippen LogP contribution is -2.56. The third-order valence-electron chi connectivity index (χ3n) is 8.49. The fraction of sp³-hybridized carbons (Fsp3) is 0.688. The van der Waals surface area contributed by atoms with Gasteiger partial charge in [0.05, 0.1) is 22.9 Å². The molecule has 4 amide bonds. The van der Waals surface area contributed by atoms with Gasteiger partial charge in [-0.1, -0.05) is 6.92 Å². The number of amides is 4. The predicted molar refractivity (Wildman–Crippen MR) is 161 cm³/mol. The predicted octanol–water partition coefficient (Wildman–Crippen LogP) is 5.52. The van der Waals surface area contributed by atoms with E-state index in [1.165, 1.54) is 14.7 Å². The van der Waals surface area contributed by atoms with Gasteiger partial charge in [0.25, 0.3) is 11.8 Å². The van der Waals surface area contributed by atoms with E-state index in [1.54, 1.807) is 41.5 Å². The third-order valence-corrected chi connectivity index (χ3v) is 8.49. The summed E-state index contributed by atoms with van der Waals surface area (Å²) in [6, 6.07) is 0.874. The van der Waals surface area contributed by atoms with Crippen LogP contribution in [-0.2, 0) is 20.5 Å². The Bertz CT molecular complexity index is 1300. The zero-order chi connectivity index (χ0) is 33.3. The molecule has 0 unspecified atom stereocenters. The minimum absolute atomic E-state index is 0.00302. The Balaban J connectivity index is 1.74. The molecule has 1 aliphatic carbocycles. The molecule has 0 aromatic heterocycles. The number of nitrogens with zero attached hydrogens (tertiary/aromatic N) is 3. The number of carbonyl (C=O) groups is 4. The van der Waals surface area contributed by atoms with E-state index < -0.39 is 58.5 Å². The maximum Gasteiger partial charge on any atom is 0.417 e. The van der Waals surface area contributed by atoms with E-state index in [-0.39, 0.29) is 43.4 Å². The van der Waals surface area contributed by atoms with Crippen molar-refractivity contribution in [2.75, 3.05) is 31.1 Å². The molecule has 4 rings (SSSR count). The number of halogens is 3. The molecule has 2 heterocycles. The van der Waals surface area contributed by atoms with Crippen molar-refractivity contribution < 1.29 is 41.8 Å². The van der Waals surface area contributed by atoms with Crippen molar-refractivity contribution in [3.8, 4) is 5.75 Å². The van der Waals surface area contributed by atoms with Gasteiger partial charge in [-0.3, -0.25) is 14.4 Å². The maximum absolute atomic E-state index is 14.7. The zero-order valence-electron chi connectivity index (χ0n) is 27.0. The number of likely N-dealkylation sites (tertiary alicyclic amines) is 1. The van der Waals surface area contributed by atoms with Gasteiger partial charge in [-0.2, -0.15) is 13.2 Å². The summed E-state index contributed by atoms with van der Waals surface area (Å²) in [6.07, 6.45) is -2.07. The summed E-state index contributed by atoms with van der Waals surface area (Å²) in [6.45, 7) is 11.0. The highest BCUT2D eigenvalue weighted by Gasteiger charge is 2.51. The number of hydrogen-bond donors (Lipinski definition) is 1. The number of fused-ring (bicyclic) bond motifs is 1. The largest absolute Gasteiger partial charge is 0.475 e. The number of anilines is 1. The number of alkyl halides is 3. The standard InChI is InChI=1S/C32H45F3N4O6/c1-7-26(40)36-14-16-38-24-17-22(23(32(33,34)35)18-25(24)44-31(28(38)42)12-8-9-13-31)27(41)39(20(2)3)21-11-10-15-37(19-21)29(43)45-30(4,5)6/h17-18,20-21H,7-16,19H2,1-6H3,(H,36,40)/t21-/m1/s1. The van der Waals surface area contributed by atoms with E-state index >= 15 is 0 Å². The van der Waals surface area contributed by atoms with E-state index in [2.05, 4.69) is 5.32 Å². The van der Waals surface area contributed by atoms with Gasteiger partial charge in [-0.25, -0.2) is 4.79 Å². The van der Waals surface area contributed by atoms with Gasteiger partial charge in [-0.05, 0) is 85.3 Å². The van der Waals surface area contributed by atoms with Crippen LogP contribution >= 0.6 is 0 Å². The molecule has 10 nitrogen and oxygen atoms in total. The van der Waals surface area contributed by atoms with Crippen LogP contribution in [0.25, 0.3) is 0 Å². The molecule has 2 fully saturated rings. The first-order chi connectivity index (χ1) is 21.0. The lowest BCUT2D eigenvalue weighted by atomic mass is 9.94.